The second-order valence-electron chi connectivity index (χ2n) is 4.20. The molecule has 1 saturated carbocycles. The van der Waals surface area contributed by atoms with Crippen LogP contribution in [-0.2, 0) is 0 Å². The van der Waals surface area contributed by atoms with E-state index in [1.54, 1.807) is 11.1 Å². The van der Waals surface area contributed by atoms with Crippen molar-refractivity contribution in [1.82, 2.24) is 5.32 Å². The Bertz CT molecular complexity index is 311. The molecule has 1 N–H and O–H groups in total. The van der Waals surface area contributed by atoms with Gasteiger partial charge in [0.05, 0.1) is 0 Å². The molecule has 0 amide bonds. The molecule has 2 fully saturated rings. The average molecular weight is 173 g/mol. The summed E-state index contributed by atoms with van der Waals surface area (Å²) in [5, 5.41) is 3.48. The fourth-order valence-corrected chi connectivity index (χ4v) is 2.15. The molecule has 0 radical (unpaired) electrons. The predicted octanol–water partition coefficient (Wildman–Crippen LogP) is 2.60. The van der Waals surface area contributed by atoms with E-state index in [0.29, 0.717) is 6.04 Å². The zero-order valence-electron chi connectivity index (χ0n) is 7.79. The van der Waals surface area contributed by atoms with Crippen LogP contribution in [0.1, 0.15) is 42.3 Å². The molecule has 1 aliphatic carbocycles. The van der Waals surface area contributed by atoms with Crippen LogP contribution < -0.4 is 5.32 Å². The molecule has 1 aromatic carbocycles. The summed E-state index contributed by atoms with van der Waals surface area (Å²) in [4.78, 5) is 0. The van der Waals surface area contributed by atoms with Crippen molar-refractivity contribution in [2.24, 2.45) is 0 Å². The standard InChI is InChI=1S/C12H15N/c1-2-4-11(12-7-8-13-12)10(3-1)9-5-6-9/h1-4,9,12-13H,5-8H2. The van der Waals surface area contributed by atoms with E-state index in [-0.39, 0.29) is 0 Å². The molecular formula is C12H15N. The van der Waals surface area contributed by atoms with Gasteiger partial charge >= 0.3 is 0 Å². The molecule has 1 aromatic rings. The third-order valence-corrected chi connectivity index (χ3v) is 3.21. The quantitative estimate of drug-likeness (QED) is 0.725. The maximum atomic E-state index is 3.48. The van der Waals surface area contributed by atoms with E-state index in [1.165, 1.54) is 25.8 Å². The van der Waals surface area contributed by atoms with Gasteiger partial charge in [-0.25, -0.2) is 0 Å². The third kappa shape index (κ3) is 1.28. The molecule has 2 aliphatic rings. The molecule has 1 heteroatoms. The summed E-state index contributed by atoms with van der Waals surface area (Å²) in [5.74, 6) is 0.888. The van der Waals surface area contributed by atoms with Gasteiger partial charge in [0, 0.05) is 6.04 Å². The van der Waals surface area contributed by atoms with Crippen LogP contribution in [0, 0.1) is 0 Å². The lowest BCUT2D eigenvalue weighted by atomic mass is 9.91. The van der Waals surface area contributed by atoms with Gasteiger partial charge in [0.15, 0.2) is 0 Å². The second kappa shape index (κ2) is 2.85. The summed E-state index contributed by atoms with van der Waals surface area (Å²) >= 11 is 0. The first-order valence-electron chi connectivity index (χ1n) is 5.27. The fourth-order valence-electron chi connectivity index (χ4n) is 2.15. The molecule has 13 heavy (non-hydrogen) atoms. The van der Waals surface area contributed by atoms with Crippen LogP contribution in [0.15, 0.2) is 24.3 Å². The highest BCUT2D eigenvalue weighted by Gasteiger charge is 2.29. The Morgan fingerprint density at radius 2 is 1.69 bits per heavy atom. The molecule has 1 heterocycles. The highest BCUT2D eigenvalue weighted by Crippen LogP contribution is 2.43. The predicted molar refractivity (Wildman–Crippen MR) is 53.8 cm³/mol. The maximum absolute atomic E-state index is 3.48. The van der Waals surface area contributed by atoms with Crippen molar-refractivity contribution in [3.8, 4) is 0 Å². The molecule has 1 nitrogen and oxygen atoms in total. The van der Waals surface area contributed by atoms with Crippen LogP contribution >= 0.6 is 0 Å². The smallest absolute Gasteiger partial charge is 0.0335 e. The normalized spacial score (nSPS) is 26.9. The largest absolute Gasteiger partial charge is 0.310 e. The molecule has 0 bridgehead atoms. The zero-order valence-corrected chi connectivity index (χ0v) is 7.79. The Morgan fingerprint density at radius 1 is 1.00 bits per heavy atom. The molecule has 0 aromatic heterocycles. The first kappa shape index (κ1) is 7.57. The summed E-state index contributed by atoms with van der Waals surface area (Å²) in [7, 11) is 0. The Kier molecular flexibility index (Phi) is 1.66. The number of benzene rings is 1. The van der Waals surface area contributed by atoms with E-state index in [2.05, 4.69) is 29.6 Å². The summed E-state index contributed by atoms with van der Waals surface area (Å²) in [6.45, 7) is 1.20. The molecule has 1 atom stereocenters. The lowest BCUT2D eigenvalue weighted by Gasteiger charge is -2.29. The monoisotopic (exact) mass is 173 g/mol. The first-order chi connectivity index (χ1) is 6.45. The Hall–Kier alpha value is -0.820. The van der Waals surface area contributed by atoms with Crippen molar-refractivity contribution in [2.45, 2.75) is 31.2 Å². The van der Waals surface area contributed by atoms with Crippen molar-refractivity contribution in [2.75, 3.05) is 6.54 Å². The lowest BCUT2D eigenvalue weighted by molar-refractivity contribution is 0.381. The van der Waals surface area contributed by atoms with Crippen molar-refractivity contribution in [1.29, 1.82) is 0 Å². The van der Waals surface area contributed by atoms with Gasteiger partial charge in [-0.05, 0) is 42.9 Å². The number of nitrogens with one attached hydrogen (secondary N) is 1. The van der Waals surface area contributed by atoms with Gasteiger partial charge in [0.25, 0.3) is 0 Å². The van der Waals surface area contributed by atoms with Crippen molar-refractivity contribution >= 4 is 0 Å². The number of hydrogen-bond donors (Lipinski definition) is 1. The third-order valence-electron chi connectivity index (χ3n) is 3.21. The van der Waals surface area contributed by atoms with Crippen molar-refractivity contribution in [3.63, 3.8) is 0 Å². The minimum atomic E-state index is 0.664. The van der Waals surface area contributed by atoms with Crippen LogP contribution in [0.2, 0.25) is 0 Å². The van der Waals surface area contributed by atoms with Gasteiger partial charge in [0.2, 0.25) is 0 Å². The van der Waals surface area contributed by atoms with Gasteiger partial charge in [-0.3, -0.25) is 0 Å². The van der Waals surface area contributed by atoms with Crippen LogP contribution in [-0.4, -0.2) is 6.54 Å². The first-order valence-corrected chi connectivity index (χ1v) is 5.27. The fraction of sp³-hybridized carbons (Fsp3) is 0.500. The topological polar surface area (TPSA) is 12.0 Å². The second-order valence-corrected chi connectivity index (χ2v) is 4.20. The van der Waals surface area contributed by atoms with Crippen LogP contribution in [0.3, 0.4) is 0 Å². The minimum absolute atomic E-state index is 0.664. The maximum Gasteiger partial charge on any atom is 0.0335 e. The van der Waals surface area contributed by atoms with Crippen LogP contribution in [0.25, 0.3) is 0 Å². The molecule has 68 valence electrons. The van der Waals surface area contributed by atoms with Crippen molar-refractivity contribution < 1.29 is 0 Å². The van der Waals surface area contributed by atoms with E-state index in [4.69, 9.17) is 0 Å². The van der Waals surface area contributed by atoms with E-state index < -0.39 is 0 Å². The van der Waals surface area contributed by atoms with E-state index >= 15 is 0 Å². The Balaban J connectivity index is 1.96. The summed E-state index contributed by atoms with van der Waals surface area (Å²) < 4.78 is 0. The van der Waals surface area contributed by atoms with Gasteiger partial charge < -0.3 is 5.32 Å². The molecule has 1 unspecified atom stereocenters. The molecular weight excluding hydrogens is 158 g/mol. The number of rotatable bonds is 2. The van der Waals surface area contributed by atoms with E-state index in [0.717, 1.165) is 5.92 Å². The van der Waals surface area contributed by atoms with Crippen LogP contribution in [0.5, 0.6) is 0 Å². The Morgan fingerprint density at radius 3 is 2.23 bits per heavy atom. The molecule has 0 spiro atoms. The van der Waals surface area contributed by atoms with Gasteiger partial charge in [0.1, 0.15) is 0 Å². The summed E-state index contributed by atoms with van der Waals surface area (Å²) in [6, 6.07) is 9.62. The molecule has 1 saturated heterocycles. The SMILES string of the molecule is c1ccc(C2CCN2)c(C2CC2)c1. The zero-order chi connectivity index (χ0) is 8.67. The van der Waals surface area contributed by atoms with Crippen LogP contribution in [0.4, 0.5) is 0 Å². The van der Waals surface area contributed by atoms with Gasteiger partial charge in [-0.1, -0.05) is 24.3 Å². The van der Waals surface area contributed by atoms with Gasteiger partial charge in [-0.15, -0.1) is 0 Å². The minimum Gasteiger partial charge on any atom is -0.310 e. The highest BCUT2D eigenvalue weighted by molar-refractivity contribution is 5.36. The Labute approximate surface area is 79.2 Å². The highest BCUT2D eigenvalue weighted by atomic mass is 15.0. The van der Waals surface area contributed by atoms with Gasteiger partial charge in [-0.2, -0.15) is 0 Å². The number of hydrogen-bond acceptors (Lipinski definition) is 1. The van der Waals surface area contributed by atoms with Crippen molar-refractivity contribution in [3.05, 3.63) is 35.4 Å². The van der Waals surface area contributed by atoms with E-state index in [1.807, 2.05) is 0 Å². The molecule has 1 aliphatic heterocycles. The summed E-state index contributed by atoms with van der Waals surface area (Å²) in [5.41, 5.74) is 3.18. The summed E-state index contributed by atoms with van der Waals surface area (Å²) in [6.07, 6.45) is 4.14. The van der Waals surface area contributed by atoms with E-state index in [9.17, 15) is 0 Å². The average Bonchev–Trinajstić information content (AvgIpc) is 2.85. The molecule has 3 rings (SSSR count). The lowest BCUT2D eigenvalue weighted by Crippen LogP contribution is -2.35.